The molecule has 124 valence electrons. The minimum atomic E-state index is -0.0446. The van der Waals surface area contributed by atoms with Gasteiger partial charge in [-0.25, -0.2) is 0 Å². The molecule has 0 bridgehead atoms. The van der Waals surface area contributed by atoms with Crippen LogP contribution in [0.5, 0.6) is 0 Å². The summed E-state index contributed by atoms with van der Waals surface area (Å²) in [5, 5.41) is 2.01. The van der Waals surface area contributed by atoms with Crippen LogP contribution in [0.3, 0.4) is 0 Å². The predicted octanol–water partition coefficient (Wildman–Crippen LogP) is 3.70. The maximum absolute atomic E-state index is 12.9. The Labute approximate surface area is 146 Å². The summed E-state index contributed by atoms with van der Waals surface area (Å²) in [5.41, 5.74) is 1.41. The molecule has 0 aliphatic carbocycles. The number of hydrogen-bond donors (Lipinski definition) is 0. The quantitative estimate of drug-likeness (QED) is 0.752. The van der Waals surface area contributed by atoms with E-state index < -0.39 is 0 Å². The summed E-state index contributed by atoms with van der Waals surface area (Å²) in [5.74, 6) is 0.0814. The topological polar surface area (TPSA) is 40.6 Å². The fourth-order valence-electron chi connectivity index (χ4n) is 2.88. The van der Waals surface area contributed by atoms with Crippen molar-refractivity contribution in [3.8, 4) is 0 Å². The molecule has 2 amide bonds. The summed E-state index contributed by atoms with van der Waals surface area (Å²) < 4.78 is 0. The Morgan fingerprint density at radius 1 is 1.33 bits per heavy atom. The molecule has 24 heavy (non-hydrogen) atoms. The lowest BCUT2D eigenvalue weighted by molar-refractivity contribution is -0.117. The summed E-state index contributed by atoms with van der Waals surface area (Å²) in [6.07, 6.45) is 3.19. The van der Waals surface area contributed by atoms with Crippen LogP contribution < -0.4 is 4.90 Å². The fourth-order valence-corrected chi connectivity index (χ4v) is 3.60. The average Bonchev–Trinajstić information content (AvgIpc) is 3.25. The third-order valence-corrected chi connectivity index (χ3v) is 4.90. The van der Waals surface area contributed by atoms with E-state index in [1.54, 1.807) is 33.3 Å². The number of thiophene rings is 1. The van der Waals surface area contributed by atoms with Gasteiger partial charge in [-0.1, -0.05) is 18.2 Å². The molecule has 0 unspecified atom stereocenters. The summed E-state index contributed by atoms with van der Waals surface area (Å²) in [6, 6.07) is 11.3. The van der Waals surface area contributed by atoms with E-state index in [1.165, 1.54) is 0 Å². The number of carbonyl (C=O) groups is 2. The number of anilines is 1. The van der Waals surface area contributed by atoms with Crippen LogP contribution in [0.25, 0.3) is 0 Å². The van der Waals surface area contributed by atoms with E-state index in [4.69, 9.17) is 0 Å². The van der Waals surface area contributed by atoms with Crippen molar-refractivity contribution in [2.75, 3.05) is 18.0 Å². The van der Waals surface area contributed by atoms with Crippen molar-refractivity contribution in [2.45, 2.75) is 19.4 Å². The largest absolute Gasteiger partial charge is 0.330 e. The van der Waals surface area contributed by atoms with Gasteiger partial charge in [-0.05, 0) is 36.1 Å². The van der Waals surface area contributed by atoms with Crippen molar-refractivity contribution in [3.05, 3.63) is 64.9 Å². The van der Waals surface area contributed by atoms with Gasteiger partial charge in [0.1, 0.15) is 0 Å². The molecule has 1 aromatic carbocycles. The average molecular weight is 340 g/mol. The SMILES string of the molecule is C=CCN(Cc1cccs1)C(=O)c1cccc(N2CCCC2=O)c1. The molecular weight excluding hydrogens is 320 g/mol. The van der Waals surface area contributed by atoms with Gasteiger partial charge >= 0.3 is 0 Å². The van der Waals surface area contributed by atoms with Crippen LogP contribution >= 0.6 is 11.3 Å². The Morgan fingerprint density at radius 3 is 2.88 bits per heavy atom. The smallest absolute Gasteiger partial charge is 0.254 e. The molecule has 1 aliphatic rings. The fraction of sp³-hybridized carbons (Fsp3) is 0.263. The van der Waals surface area contributed by atoms with Crippen LogP contribution in [-0.2, 0) is 11.3 Å². The zero-order chi connectivity index (χ0) is 16.9. The van der Waals surface area contributed by atoms with Crippen molar-refractivity contribution < 1.29 is 9.59 Å². The molecular formula is C19H20N2O2S. The lowest BCUT2D eigenvalue weighted by atomic mass is 10.1. The van der Waals surface area contributed by atoms with E-state index in [-0.39, 0.29) is 11.8 Å². The molecule has 0 radical (unpaired) electrons. The van der Waals surface area contributed by atoms with Crippen LogP contribution in [0.4, 0.5) is 5.69 Å². The Morgan fingerprint density at radius 2 is 2.21 bits per heavy atom. The molecule has 5 heteroatoms. The highest BCUT2D eigenvalue weighted by atomic mass is 32.1. The first-order valence-electron chi connectivity index (χ1n) is 8.02. The molecule has 1 aliphatic heterocycles. The van der Waals surface area contributed by atoms with E-state index in [0.29, 0.717) is 25.1 Å². The van der Waals surface area contributed by atoms with Gasteiger partial charge in [0.15, 0.2) is 0 Å². The molecule has 0 spiro atoms. The van der Waals surface area contributed by atoms with Gasteiger partial charge in [-0.15, -0.1) is 17.9 Å². The Balaban J connectivity index is 1.81. The minimum Gasteiger partial charge on any atom is -0.330 e. The third kappa shape index (κ3) is 3.57. The van der Waals surface area contributed by atoms with Crippen molar-refractivity contribution in [1.29, 1.82) is 0 Å². The Kier molecular flexibility index (Phi) is 5.11. The van der Waals surface area contributed by atoms with E-state index in [0.717, 1.165) is 23.5 Å². The number of rotatable bonds is 6. The van der Waals surface area contributed by atoms with Gasteiger partial charge in [-0.3, -0.25) is 9.59 Å². The van der Waals surface area contributed by atoms with Crippen LogP contribution in [0.2, 0.25) is 0 Å². The highest BCUT2D eigenvalue weighted by Gasteiger charge is 2.23. The zero-order valence-corrected chi connectivity index (χ0v) is 14.3. The summed E-state index contributed by atoms with van der Waals surface area (Å²) in [4.78, 5) is 29.5. The molecule has 3 rings (SSSR count). The molecule has 1 aromatic heterocycles. The molecule has 2 aromatic rings. The van der Waals surface area contributed by atoms with Crippen LogP contribution in [-0.4, -0.2) is 29.8 Å². The molecule has 2 heterocycles. The first-order valence-corrected chi connectivity index (χ1v) is 8.90. The molecule has 1 fully saturated rings. The molecule has 1 saturated heterocycles. The molecule has 0 atom stereocenters. The van der Waals surface area contributed by atoms with Gasteiger partial charge in [0.2, 0.25) is 5.91 Å². The highest BCUT2D eigenvalue weighted by Crippen LogP contribution is 2.23. The lowest BCUT2D eigenvalue weighted by Crippen LogP contribution is -2.31. The number of carbonyl (C=O) groups excluding carboxylic acids is 2. The van der Waals surface area contributed by atoms with Crippen LogP contribution in [0.15, 0.2) is 54.4 Å². The standard InChI is InChI=1S/C19H20N2O2S/c1-2-10-20(14-17-8-5-12-24-17)19(23)15-6-3-7-16(13-15)21-11-4-9-18(21)22/h2-3,5-8,12-13H,1,4,9-11,14H2. The highest BCUT2D eigenvalue weighted by molar-refractivity contribution is 7.09. The van der Waals surface area contributed by atoms with Gasteiger partial charge in [0.25, 0.3) is 5.91 Å². The zero-order valence-electron chi connectivity index (χ0n) is 13.5. The van der Waals surface area contributed by atoms with Gasteiger partial charge in [0, 0.05) is 35.6 Å². The van der Waals surface area contributed by atoms with E-state index in [9.17, 15) is 9.59 Å². The van der Waals surface area contributed by atoms with Crippen LogP contribution in [0.1, 0.15) is 28.1 Å². The number of amides is 2. The number of hydrogen-bond acceptors (Lipinski definition) is 3. The van der Waals surface area contributed by atoms with E-state index >= 15 is 0 Å². The van der Waals surface area contributed by atoms with Gasteiger partial charge in [-0.2, -0.15) is 0 Å². The van der Waals surface area contributed by atoms with E-state index in [1.807, 2.05) is 35.7 Å². The first-order chi connectivity index (χ1) is 11.7. The summed E-state index contributed by atoms with van der Waals surface area (Å²) >= 11 is 1.63. The third-order valence-electron chi connectivity index (χ3n) is 4.04. The van der Waals surface area contributed by atoms with Crippen molar-refractivity contribution in [2.24, 2.45) is 0 Å². The second-order valence-electron chi connectivity index (χ2n) is 5.75. The summed E-state index contributed by atoms with van der Waals surface area (Å²) in [7, 11) is 0. The van der Waals surface area contributed by atoms with Crippen molar-refractivity contribution in [3.63, 3.8) is 0 Å². The van der Waals surface area contributed by atoms with Gasteiger partial charge in [0.05, 0.1) is 6.54 Å². The normalized spacial score (nSPS) is 14.0. The Hall–Kier alpha value is -2.40. The van der Waals surface area contributed by atoms with Gasteiger partial charge < -0.3 is 9.80 Å². The lowest BCUT2D eigenvalue weighted by Gasteiger charge is -2.22. The van der Waals surface area contributed by atoms with Crippen LogP contribution in [0, 0.1) is 0 Å². The molecule has 0 saturated carbocycles. The molecule has 0 N–H and O–H groups in total. The minimum absolute atomic E-state index is 0.0446. The second-order valence-corrected chi connectivity index (χ2v) is 6.79. The summed E-state index contributed by atoms with van der Waals surface area (Å²) in [6.45, 7) is 5.53. The maximum Gasteiger partial charge on any atom is 0.254 e. The maximum atomic E-state index is 12.9. The van der Waals surface area contributed by atoms with Crippen molar-refractivity contribution in [1.82, 2.24) is 4.90 Å². The van der Waals surface area contributed by atoms with E-state index in [2.05, 4.69) is 6.58 Å². The second kappa shape index (κ2) is 7.45. The Bertz CT molecular complexity index is 740. The first kappa shape index (κ1) is 16.5. The monoisotopic (exact) mass is 340 g/mol. The number of benzene rings is 1. The number of nitrogens with zero attached hydrogens (tertiary/aromatic N) is 2. The van der Waals surface area contributed by atoms with Crippen molar-refractivity contribution >= 4 is 28.8 Å². The molecule has 4 nitrogen and oxygen atoms in total. The predicted molar refractivity (Wildman–Crippen MR) is 97.3 cm³/mol.